The highest BCUT2D eigenvalue weighted by Crippen LogP contribution is 2.36. The third-order valence-corrected chi connectivity index (χ3v) is 8.19. The number of benzene rings is 2. The number of aliphatic hydroxyl groups is 1. The van der Waals surface area contributed by atoms with E-state index in [9.17, 15) is 28.2 Å². The van der Waals surface area contributed by atoms with E-state index in [4.69, 9.17) is 4.74 Å². The fourth-order valence-electron chi connectivity index (χ4n) is 5.22. The number of fused-ring (bicyclic) bond motifs is 1. The number of carbonyl (C=O) groups is 1. The molecule has 10 heteroatoms. The van der Waals surface area contributed by atoms with Gasteiger partial charge in [0.1, 0.15) is 23.2 Å². The van der Waals surface area contributed by atoms with E-state index >= 15 is 0 Å². The number of carboxylic acid groups (broad SMARTS) is 1. The summed E-state index contributed by atoms with van der Waals surface area (Å²) in [5.74, 6) is -1.45. The monoisotopic (exact) mass is 548 g/mol. The van der Waals surface area contributed by atoms with E-state index in [1.54, 1.807) is 18.2 Å². The highest BCUT2D eigenvalue weighted by molar-refractivity contribution is 7.99. The molecule has 3 aromatic rings. The molecule has 0 spiro atoms. The summed E-state index contributed by atoms with van der Waals surface area (Å²) in [6, 6.07) is 8.46. The van der Waals surface area contributed by atoms with Crippen molar-refractivity contribution in [3.63, 3.8) is 0 Å². The zero-order chi connectivity index (χ0) is 27.2. The Morgan fingerprint density at radius 3 is 2.76 bits per heavy atom. The second kappa shape index (κ2) is 12.8. The summed E-state index contributed by atoms with van der Waals surface area (Å²) in [4.78, 5) is 18.1. The Balaban J connectivity index is 1.38. The van der Waals surface area contributed by atoms with Crippen molar-refractivity contribution >= 4 is 28.6 Å². The first kappa shape index (κ1) is 28.2. The number of aliphatic carboxylic acids is 1. The maximum atomic E-state index is 14.8. The summed E-state index contributed by atoms with van der Waals surface area (Å²) in [5.41, 5.74) is 0.719. The molecule has 0 amide bonds. The fraction of sp³-hybridized carbons (Fsp3) is 0.429. The zero-order valence-corrected chi connectivity index (χ0v) is 21.9. The number of aromatic nitrogens is 1. The van der Waals surface area contributed by atoms with Crippen LogP contribution in [0.25, 0.3) is 10.9 Å². The van der Waals surface area contributed by atoms with Crippen LogP contribution in [0.3, 0.4) is 0 Å². The molecule has 2 unspecified atom stereocenters. The van der Waals surface area contributed by atoms with Gasteiger partial charge >= 0.3 is 5.97 Å². The highest BCUT2D eigenvalue weighted by atomic mass is 32.2. The van der Waals surface area contributed by atoms with Crippen LogP contribution in [-0.2, 0) is 4.79 Å². The standard InChI is InChI=1S/C28H31F3N2O4S/c1-37-20-4-6-24-21(14-20)28(23(31)15-32-24)25(34)7-2-17-8-9-33(16-18(17)12-27(35)36)10-11-38-26-13-19(29)3-5-22(26)30/h3-6,13-15,17-18,25,34H,2,7-12,16H2,1H3,(H,35,36)/t17?,18?,25-/m1/s1. The van der Waals surface area contributed by atoms with Crippen LogP contribution in [0.1, 0.15) is 37.4 Å². The molecule has 6 nitrogen and oxygen atoms in total. The number of pyridine rings is 1. The lowest BCUT2D eigenvalue weighted by Gasteiger charge is -2.38. The van der Waals surface area contributed by atoms with Gasteiger partial charge in [-0.2, -0.15) is 0 Å². The van der Waals surface area contributed by atoms with Gasteiger partial charge in [-0.05, 0) is 74.0 Å². The maximum Gasteiger partial charge on any atom is 0.303 e. The van der Waals surface area contributed by atoms with E-state index in [1.165, 1.54) is 24.9 Å². The molecule has 1 fully saturated rings. The summed E-state index contributed by atoms with van der Waals surface area (Å²) in [5, 5.41) is 21.0. The lowest BCUT2D eigenvalue weighted by molar-refractivity contribution is -0.139. The second-order valence-corrected chi connectivity index (χ2v) is 10.8. The minimum Gasteiger partial charge on any atom is -0.497 e. The van der Waals surface area contributed by atoms with Crippen molar-refractivity contribution in [3.8, 4) is 5.75 Å². The van der Waals surface area contributed by atoms with Crippen LogP contribution in [0.15, 0.2) is 47.5 Å². The topological polar surface area (TPSA) is 82.9 Å². The van der Waals surface area contributed by atoms with Gasteiger partial charge in [-0.25, -0.2) is 13.2 Å². The Labute approximate surface area is 223 Å². The number of piperidine rings is 1. The molecular weight excluding hydrogens is 517 g/mol. The fourth-order valence-corrected chi connectivity index (χ4v) is 6.19. The summed E-state index contributed by atoms with van der Waals surface area (Å²) in [6.07, 6.45) is 1.58. The van der Waals surface area contributed by atoms with E-state index in [2.05, 4.69) is 9.88 Å². The number of likely N-dealkylation sites (tertiary alicyclic amines) is 1. The van der Waals surface area contributed by atoms with Crippen LogP contribution >= 0.6 is 11.8 Å². The molecule has 2 heterocycles. The predicted octanol–water partition coefficient (Wildman–Crippen LogP) is 5.68. The molecule has 2 aromatic carbocycles. The maximum absolute atomic E-state index is 14.8. The van der Waals surface area contributed by atoms with Crippen molar-refractivity contribution in [2.75, 3.05) is 32.5 Å². The van der Waals surface area contributed by atoms with E-state index in [0.717, 1.165) is 31.3 Å². The van der Waals surface area contributed by atoms with Gasteiger partial charge in [0.05, 0.1) is 24.9 Å². The molecule has 1 aliphatic rings. The Kier molecular flexibility index (Phi) is 9.51. The molecule has 0 radical (unpaired) electrons. The van der Waals surface area contributed by atoms with Crippen LogP contribution in [-0.4, -0.2) is 58.6 Å². The minimum absolute atomic E-state index is 0.00726. The largest absolute Gasteiger partial charge is 0.497 e. The van der Waals surface area contributed by atoms with E-state index in [1.807, 2.05) is 0 Å². The number of halogens is 3. The normalized spacial score (nSPS) is 19.0. The molecule has 0 bridgehead atoms. The summed E-state index contributed by atoms with van der Waals surface area (Å²) >= 11 is 1.23. The number of carboxylic acids is 1. The van der Waals surface area contributed by atoms with Crippen molar-refractivity contribution in [1.82, 2.24) is 9.88 Å². The predicted molar refractivity (Wildman–Crippen MR) is 140 cm³/mol. The Hall–Kier alpha value is -2.82. The van der Waals surface area contributed by atoms with Gasteiger partial charge in [0.25, 0.3) is 0 Å². The molecular formula is C28H31F3N2O4S. The summed E-state index contributed by atoms with van der Waals surface area (Å²) in [7, 11) is 1.51. The van der Waals surface area contributed by atoms with Crippen molar-refractivity contribution in [1.29, 1.82) is 0 Å². The van der Waals surface area contributed by atoms with Gasteiger partial charge < -0.3 is 19.8 Å². The van der Waals surface area contributed by atoms with Gasteiger partial charge in [0, 0.05) is 41.1 Å². The van der Waals surface area contributed by atoms with Gasteiger partial charge in [0.2, 0.25) is 0 Å². The average molecular weight is 549 g/mol. The van der Waals surface area contributed by atoms with Crippen molar-refractivity contribution in [3.05, 3.63) is 65.6 Å². The third kappa shape index (κ3) is 6.98. The molecule has 4 rings (SSSR count). The number of rotatable bonds is 11. The SMILES string of the molecule is COc1ccc2ncc(F)c([C@H](O)CCC3CCN(CCSc4cc(F)ccc4F)CC3CC(=O)O)c2c1. The van der Waals surface area contributed by atoms with Crippen LogP contribution in [0.4, 0.5) is 13.2 Å². The van der Waals surface area contributed by atoms with Gasteiger partial charge in [-0.15, -0.1) is 11.8 Å². The van der Waals surface area contributed by atoms with E-state index in [0.29, 0.717) is 41.9 Å². The first-order valence-electron chi connectivity index (χ1n) is 12.6. The number of ether oxygens (including phenoxy) is 1. The van der Waals surface area contributed by atoms with Crippen LogP contribution in [0.2, 0.25) is 0 Å². The summed E-state index contributed by atoms with van der Waals surface area (Å²) in [6.45, 7) is 1.90. The number of nitrogens with zero attached hydrogens (tertiary/aromatic N) is 2. The minimum atomic E-state index is -1.08. The highest BCUT2D eigenvalue weighted by Gasteiger charge is 2.31. The zero-order valence-electron chi connectivity index (χ0n) is 21.1. The molecule has 2 N–H and O–H groups in total. The van der Waals surface area contributed by atoms with Gasteiger partial charge in [-0.3, -0.25) is 9.78 Å². The lowest BCUT2D eigenvalue weighted by atomic mass is 9.79. The number of thioether (sulfide) groups is 1. The van der Waals surface area contributed by atoms with Crippen molar-refractivity contribution in [2.45, 2.75) is 36.7 Å². The van der Waals surface area contributed by atoms with Crippen LogP contribution < -0.4 is 4.74 Å². The van der Waals surface area contributed by atoms with Gasteiger partial charge in [-0.1, -0.05) is 0 Å². The van der Waals surface area contributed by atoms with E-state index in [-0.39, 0.29) is 35.1 Å². The first-order valence-corrected chi connectivity index (χ1v) is 13.6. The molecule has 0 aliphatic carbocycles. The third-order valence-electron chi connectivity index (χ3n) is 7.18. The molecule has 1 saturated heterocycles. The number of aliphatic hydroxyl groups excluding tert-OH is 1. The average Bonchev–Trinajstić information content (AvgIpc) is 2.89. The molecule has 0 saturated carbocycles. The lowest BCUT2D eigenvalue weighted by Crippen LogP contribution is -2.42. The Morgan fingerprint density at radius 1 is 1.18 bits per heavy atom. The van der Waals surface area contributed by atoms with Crippen LogP contribution in [0, 0.1) is 29.3 Å². The molecule has 1 aromatic heterocycles. The quantitative estimate of drug-likeness (QED) is 0.299. The van der Waals surface area contributed by atoms with Crippen molar-refractivity contribution in [2.24, 2.45) is 11.8 Å². The molecule has 204 valence electrons. The molecule has 3 atom stereocenters. The number of hydrogen-bond acceptors (Lipinski definition) is 6. The van der Waals surface area contributed by atoms with Gasteiger partial charge in [0.15, 0.2) is 0 Å². The second-order valence-electron chi connectivity index (χ2n) is 9.63. The molecule has 1 aliphatic heterocycles. The molecule has 38 heavy (non-hydrogen) atoms. The number of methoxy groups -OCH3 is 1. The van der Waals surface area contributed by atoms with Crippen molar-refractivity contribution < 1.29 is 32.9 Å². The van der Waals surface area contributed by atoms with Crippen LogP contribution in [0.5, 0.6) is 5.75 Å². The Bertz CT molecular complexity index is 1280. The Morgan fingerprint density at radius 2 is 2.00 bits per heavy atom. The van der Waals surface area contributed by atoms with E-state index < -0.39 is 29.5 Å². The summed E-state index contributed by atoms with van der Waals surface area (Å²) < 4.78 is 47.3. The smallest absolute Gasteiger partial charge is 0.303 e. The first-order chi connectivity index (χ1) is 18.2. The number of hydrogen-bond donors (Lipinski definition) is 2.